The van der Waals surface area contributed by atoms with Gasteiger partial charge in [0.05, 0.1) is 17.3 Å². The van der Waals surface area contributed by atoms with Gasteiger partial charge in [-0.1, -0.05) is 18.2 Å². The maximum absolute atomic E-state index is 9.84. The van der Waals surface area contributed by atoms with Gasteiger partial charge in [-0.05, 0) is 57.1 Å². The molecule has 0 aromatic heterocycles. The molecule has 0 spiro atoms. The van der Waals surface area contributed by atoms with Crippen LogP contribution in [0.1, 0.15) is 51.3 Å². The Balaban J connectivity index is 1.89. The molecule has 1 aliphatic carbocycles. The van der Waals surface area contributed by atoms with Crippen LogP contribution in [-0.2, 0) is 15.7 Å². The molecule has 1 aromatic carbocycles. The molecule has 3 nitrogen and oxygen atoms in total. The summed E-state index contributed by atoms with van der Waals surface area (Å²) in [5.74, 6) is 0. The fourth-order valence-electron chi connectivity index (χ4n) is 2.74. The standard InChI is InChI=1S/C15H21BO3/c1-14(2)15(3,4)19-16(18-14)11-6-7-12-10(9-11)5-8-13(12)17/h6-7,9,13,17H,5,8H2,1-4H3/t13-/m0/s1. The summed E-state index contributed by atoms with van der Waals surface area (Å²) in [5, 5.41) is 9.84. The van der Waals surface area contributed by atoms with Gasteiger partial charge in [-0.2, -0.15) is 0 Å². The van der Waals surface area contributed by atoms with Crippen LogP contribution in [0.2, 0.25) is 0 Å². The van der Waals surface area contributed by atoms with Crippen LogP contribution in [0.3, 0.4) is 0 Å². The second kappa shape index (κ2) is 4.08. The zero-order valence-corrected chi connectivity index (χ0v) is 12.1. The third-order valence-corrected chi connectivity index (χ3v) is 4.74. The van der Waals surface area contributed by atoms with E-state index in [1.165, 1.54) is 5.56 Å². The van der Waals surface area contributed by atoms with Gasteiger partial charge in [-0.25, -0.2) is 0 Å². The summed E-state index contributed by atoms with van der Waals surface area (Å²) in [7, 11) is -0.312. The van der Waals surface area contributed by atoms with Crippen molar-refractivity contribution < 1.29 is 14.4 Å². The lowest BCUT2D eigenvalue weighted by atomic mass is 9.78. The molecule has 1 aromatic rings. The summed E-state index contributed by atoms with van der Waals surface area (Å²) >= 11 is 0. The van der Waals surface area contributed by atoms with E-state index in [1.807, 2.05) is 12.1 Å². The van der Waals surface area contributed by atoms with Gasteiger partial charge in [0, 0.05) is 0 Å². The minimum atomic E-state index is -0.312. The molecule has 19 heavy (non-hydrogen) atoms. The highest BCUT2D eigenvalue weighted by atomic mass is 16.7. The molecule has 0 bridgehead atoms. The van der Waals surface area contributed by atoms with Crippen LogP contribution >= 0.6 is 0 Å². The highest BCUT2D eigenvalue weighted by Gasteiger charge is 2.51. The largest absolute Gasteiger partial charge is 0.494 e. The first kappa shape index (κ1) is 13.2. The second-order valence-corrected chi connectivity index (χ2v) is 6.60. The number of hydrogen-bond acceptors (Lipinski definition) is 3. The Bertz CT molecular complexity index is 494. The summed E-state index contributed by atoms with van der Waals surface area (Å²) in [6.45, 7) is 8.24. The predicted octanol–water partition coefficient (Wildman–Crippen LogP) is 1.97. The van der Waals surface area contributed by atoms with E-state index < -0.39 is 0 Å². The van der Waals surface area contributed by atoms with E-state index in [9.17, 15) is 5.11 Å². The van der Waals surface area contributed by atoms with Crippen LogP contribution in [0.15, 0.2) is 18.2 Å². The fourth-order valence-corrected chi connectivity index (χ4v) is 2.74. The van der Waals surface area contributed by atoms with Crippen molar-refractivity contribution in [1.82, 2.24) is 0 Å². The predicted molar refractivity (Wildman–Crippen MR) is 75.4 cm³/mol. The van der Waals surface area contributed by atoms with Gasteiger partial charge >= 0.3 is 7.12 Å². The Labute approximate surface area is 115 Å². The lowest BCUT2D eigenvalue weighted by Gasteiger charge is -2.32. The summed E-state index contributed by atoms with van der Waals surface area (Å²) in [5.41, 5.74) is 2.71. The summed E-state index contributed by atoms with van der Waals surface area (Å²) in [6.07, 6.45) is 1.45. The fraction of sp³-hybridized carbons (Fsp3) is 0.600. The smallest absolute Gasteiger partial charge is 0.399 e. The van der Waals surface area contributed by atoms with Crippen molar-refractivity contribution in [1.29, 1.82) is 0 Å². The van der Waals surface area contributed by atoms with Crippen LogP contribution in [0.5, 0.6) is 0 Å². The highest BCUT2D eigenvalue weighted by molar-refractivity contribution is 6.62. The first-order valence-corrected chi connectivity index (χ1v) is 6.97. The number of rotatable bonds is 1. The maximum atomic E-state index is 9.84. The Morgan fingerprint density at radius 1 is 1.16 bits per heavy atom. The summed E-state index contributed by atoms with van der Waals surface area (Å²) in [4.78, 5) is 0. The molecule has 1 fully saturated rings. The van der Waals surface area contributed by atoms with Crippen molar-refractivity contribution >= 4 is 12.6 Å². The van der Waals surface area contributed by atoms with Crippen LogP contribution in [0.4, 0.5) is 0 Å². The average Bonchev–Trinajstić information content (AvgIpc) is 2.78. The number of benzene rings is 1. The molecule has 0 unspecified atom stereocenters. The van der Waals surface area contributed by atoms with E-state index in [-0.39, 0.29) is 24.4 Å². The van der Waals surface area contributed by atoms with Crippen LogP contribution < -0.4 is 5.46 Å². The van der Waals surface area contributed by atoms with Crippen molar-refractivity contribution in [2.75, 3.05) is 0 Å². The SMILES string of the molecule is CC1(C)OB(c2ccc3c(c2)CC[C@@H]3O)OC1(C)C. The molecule has 102 valence electrons. The molecule has 1 N–H and O–H groups in total. The molecular weight excluding hydrogens is 239 g/mol. The monoisotopic (exact) mass is 260 g/mol. The van der Waals surface area contributed by atoms with Crippen LogP contribution in [0.25, 0.3) is 0 Å². The van der Waals surface area contributed by atoms with Crippen molar-refractivity contribution in [3.8, 4) is 0 Å². The Hall–Kier alpha value is -0.835. The van der Waals surface area contributed by atoms with Crippen LogP contribution in [0, 0.1) is 0 Å². The number of fused-ring (bicyclic) bond motifs is 1. The molecule has 1 atom stereocenters. The van der Waals surface area contributed by atoms with Gasteiger partial charge in [0.2, 0.25) is 0 Å². The van der Waals surface area contributed by atoms with Gasteiger partial charge in [0.15, 0.2) is 0 Å². The quantitative estimate of drug-likeness (QED) is 0.784. The van der Waals surface area contributed by atoms with E-state index in [4.69, 9.17) is 9.31 Å². The first-order valence-electron chi connectivity index (χ1n) is 6.97. The minimum absolute atomic E-state index is 0.303. The van der Waals surface area contributed by atoms with Gasteiger partial charge in [0.1, 0.15) is 0 Å². The molecule has 0 radical (unpaired) electrons. The van der Waals surface area contributed by atoms with Gasteiger partial charge in [-0.15, -0.1) is 0 Å². The topological polar surface area (TPSA) is 38.7 Å². The summed E-state index contributed by atoms with van der Waals surface area (Å²) < 4.78 is 12.1. The lowest BCUT2D eigenvalue weighted by Crippen LogP contribution is -2.41. The van der Waals surface area contributed by atoms with Crippen LogP contribution in [-0.4, -0.2) is 23.4 Å². The molecule has 1 heterocycles. The molecule has 1 saturated heterocycles. The van der Waals surface area contributed by atoms with Crippen molar-refractivity contribution in [2.45, 2.75) is 57.8 Å². The van der Waals surface area contributed by atoms with E-state index in [0.29, 0.717) is 0 Å². The van der Waals surface area contributed by atoms with E-state index in [1.54, 1.807) is 0 Å². The zero-order chi connectivity index (χ0) is 13.8. The highest BCUT2D eigenvalue weighted by Crippen LogP contribution is 2.37. The third-order valence-electron chi connectivity index (χ3n) is 4.74. The normalized spacial score (nSPS) is 27.6. The zero-order valence-electron chi connectivity index (χ0n) is 12.1. The first-order chi connectivity index (χ1) is 8.80. The lowest BCUT2D eigenvalue weighted by molar-refractivity contribution is 0.00578. The van der Waals surface area contributed by atoms with Gasteiger partial charge in [0.25, 0.3) is 0 Å². The molecule has 4 heteroatoms. The third kappa shape index (κ3) is 2.02. The Morgan fingerprint density at radius 3 is 2.42 bits per heavy atom. The van der Waals surface area contributed by atoms with Gasteiger partial charge < -0.3 is 14.4 Å². The molecule has 0 saturated carbocycles. The van der Waals surface area contributed by atoms with E-state index in [2.05, 4.69) is 33.8 Å². The van der Waals surface area contributed by atoms with Crippen molar-refractivity contribution in [2.24, 2.45) is 0 Å². The molecular formula is C15H21BO3. The van der Waals surface area contributed by atoms with Crippen molar-refractivity contribution in [3.05, 3.63) is 29.3 Å². The maximum Gasteiger partial charge on any atom is 0.494 e. The Morgan fingerprint density at radius 2 is 1.79 bits per heavy atom. The van der Waals surface area contributed by atoms with Crippen molar-refractivity contribution in [3.63, 3.8) is 0 Å². The number of aliphatic hydroxyl groups excluding tert-OH is 1. The second-order valence-electron chi connectivity index (χ2n) is 6.60. The molecule has 2 aliphatic rings. The molecule has 3 rings (SSSR count). The number of hydrogen-bond donors (Lipinski definition) is 1. The summed E-state index contributed by atoms with van der Waals surface area (Å²) in [6, 6.07) is 6.14. The number of aryl methyl sites for hydroxylation is 1. The number of aliphatic hydroxyl groups is 1. The minimum Gasteiger partial charge on any atom is -0.399 e. The van der Waals surface area contributed by atoms with Gasteiger partial charge in [-0.3, -0.25) is 0 Å². The van der Waals surface area contributed by atoms with E-state index >= 15 is 0 Å². The molecule has 0 amide bonds. The molecule has 1 aliphatic heterocycles. The average molecular weight is 260 g/mol. The van der Waals surface area contributed by atoms with E-state index in [0.717, 1.165) is 23.9 Å². The Kier molecular flexibility index (Phi) is 2.82.